The fourth-order valence-electron chi connectivity index (χ4n) is 4.15. The molecule has 2 aromatic rings. The Morgan fingerprint density at radius 2 is 2.10 bits per heavy atom. The Hall–Kier alpha value is -2.68. The molecular weight excluding hydrogens is 390 g/mol. The number of aromatic nitrogens is 2. The molecule has 9 heteroatoms. The SMILES string of the molecule is CCC1CCC2(CC1)NC(=O)N(CC(=O)Nc1cc(-c3ccc(C)s3)[nH]n1)C2=O. The number of rotatable bonds is 5. The number of aryl methyl sites for hydroxylation is 1. The van der Waals surface area contributed by atoms with Gasteiger partial charge in [0.05, 0.1) is 10.6 Å². The third kappa shape index (κ3) is 3.78. The van der Waals surface area contributed by atoms with E-state index in [1.54, 1.807) is 17.4 Å². The number of aromatic amines is 1. The fourth-order valence-corrected chi connectivity index (χ4v) is 4.99. The molecule has 1 aliphatic carbocycles. The average Bonchev–Trinajstić information content (AvgIpc) is 3.39. The van der Waals surface area contributed by atoms with Gasteiger partial charge in [-0.05, 0) is 50.7 Å². The molecule has 4 rings (SSSR count). The predicted octanol–water partition coefficient (Wildman–Crippen LogP) is 3.28. The van der Waals surface area contributed by atoms with Crippen LogP contribution in [0.4, 0.5) is 10.6 Å². The van der Waals surface area contributed by atoms with Crippen molar-refractivity contribution in [1.82, 2.24) is 20.4 Å². The summed E-state index contributed by atoms with van der Waals surface area (Å²) in [6, 6.07) is 5.25. The number of urea groups is 1. The van der Waals surface area contributed by atoms with E-state index in [-0.39, 0.29) is 12.5 Å². The molecule has 1 saturated carbocycles. The highest BCUT2D eigenvalue weighted by molar-refractivity contribution is 7.15. The summed E-state index contributed by atoms with van der Waals surface area (Å²) in [4.78, 5) is 41.0. The van der Waals surface area contributed by atoms with Gasteiger partial charge in [-0.25, -0.2) is 4.79 Å². The van der Waals surface area contributed by atoms with Crippen LogP contribution >= 0.6 is 11.3 Å². The first-order chi connectivity index (χ1) is 13.9. The number of hydrogen-bond donors (Lipinski definition) is 3. The van der Waals surface area contributed by atoms with E-state index in [2.05, 4.69) is 27.8 Å². The molecule has 0 aromatic carbocycles. The van der Waals surface area contributed by atoms with Crippen LogP contribution in [-0.4, -0.2) is 45.0 Å². The standard InChI is InChI=1S/C20H25N5O3S/c1-3-13-6-8-20(9-7-13)18(27)25(19(28)22-20)11-17(26)21-16-10-14(23-24-16)15-5-4-12(2)29-15/h4-5,10,13H,3,6-9,11H2,1-2H3,(H,22,28)(H2,21,23,24,26). The zero-order chi connectivity index (χ0) is 20.6. The van der Waals surface area contributed by atoms with E-state index in [0.29, 0.717) is 24.6 Å². The first-order valence-electron chi connectivity index (χ1n) is 9.96. The van der Waals surface area contributed by atoms with Gasteiger partial charge in [-0.1, -0.05) is 13.3 Å². The molecule has 154 valence electrons. The monoisotopic (exact) mass is 415 g/mol. The number of carbonyl (C=O) groups is 3. The van der Waals surface area contributed by atoms with Crippen molar-refractivity contribution >= 4 is 35.0 Å². The highest BCUT2D eigenvalue weighted by atomic mass is 32.1. The number of hydrogen-bond acceptors (Lipinski definition) is 5. The molecule has 3 heterocycles. The normalized spacial score (nSPS) is 24.2. The van der Waals surface area contributed by atoms with Crippen molar-refractivity contribution in [2.24, 2.45) is 5.92 Å². The van der Waals surface area contributed by atoms with Gasteiger partial charge in [0.2, 0.25) is 5.91 Å². The molecular formula is C20H25N5O3S. The number of carbonyl (C=O) groups excluding carboxylic acids is 3. The average molecular weight is 416 g/mol. The number of nitrogens with zero attached hydrogens (tertiary/aromatic N) is 2. The van der Waals surface area contributed by atoms with Gasteiger partial charge in [-0.3, -0.25) is 19.6 Å². The maximum absolute atomic E-state index is 12.9. The molecule has 3 N–H and O–H groups in total. The number of nitrogens with one attached hydrogen (secondary N) is 3. The molecule has 0 radical (unpaired) electrons. The summed E-state index contributed by atoms with van der Waals surface area (Å²) in [5.41, 5.74) is -0.0282. The third-order valence-corrected chi connectivity index (χ3v) is 6.97. The maximum Gasteiger partial charge on any atom is 0.325 e. The van der Waals surface area contributed by atoms with Gasteiger partial charge in [0.25, 0.3) is 5.91 Å². The molecule has 2 aliphatic rings. The van der Waals surface area contributed by atoms with Gasteiger partial charge in [0.1, 0.15) is 12.1 Å². The van der Waals surface area contributed by atoms with Crippen LogP contribution in [0.1, 0.15) is 43.9 Å². The zero-order valence-corrected chi connectivity index (χ0v) is 17.4. The number of thiophene rings is 1. The van der Waals surface area contributed by atoms with Crippen molar-refractivity contribution in [2.45, 2.75) is 51.5 Å². The minimum absolute atomic E-state index is 0.288. The van der Waals surface area contributed by atoms with E-state index < -0.39 is 17.5 Å². The lowest BCUT2D eigenvalue weighted by Crippen LogP contribution is -2.49. The van der Waals surface area contributed by atoms with Crippen molar-refractivity contribution in [2.75, 3.05) is 11.9 Å². The Morgan fingerprint density at radius 3 is 2.76 bits per heavy atom. The van der Waals surface area contributed by atoms with E-state index in [4.69, 9.17) is 0 Å². The van der Waals surface area contributed by atoms with Gasteiger partial charge >= 0.3 is 6.03 Å². The summed E-state index contributed by atoms with van der Waals surface area (Å²) in [6.07, 6.45) is 4.19. The first kappa shape index (κ1) is 19.6. The largest absolute Gasteiger partial charge is 0.325 e. The van der Waals surface area contributed by atoms with Crippen LogP contribution in [0.2, 0.25) is 0 Å². The summed E-state index contributed by atoms with van der Waals surface area (Å²) in [7, 11) is 0. The second-order valence-electron chi connectivity index (χ2n) is 7.88. The molecule has 1 spiro atoms. The van der Waals surface area contributed by atoms with E-state index in [0.717, 1.165) is 34.7 Å². The van der Waals surface area contributed by atoms with Crippen LogP contribution in [-0.2, 0) is 9.59 Å². The second kappa shape index (κ2) is 7.62. The third-order valence-electron chi connectivity index (χ3n) is 5.93. The Labute approximate surface area is 173 Å². The maximum atomic E-state index is 12.9. The van der Waals surface area contributed by atoms with Gasteiger partial charge in [0, 0.05) is 10.9 Å². The Morgan fingerprint density at radius 1 is 1.34 bits per heavy atom. The van der Waals surface area contributed by atoms with Crippen LogP contribution < -0.4 is 10.6 Å². The molecule has 29 heavy (non-hydrogen) atoms. The zero-order valence-electron chi connectivity index (χ0n) is 16.6. The number of amides is 4. The Kier molecular flexibility index (Phi) is 5.16. The van der Waals surface area contributed by atoms with Crippen molar-refractivity contribution in [3.05, 3.63) is 23.1 Å². The molecule has 2 fully saturated rings. The van der Waals surface area contributed by atoms with E-state index in [1.165, 1.54) is 4.88 Å². The van der Waals surface area contributed by atoms with Gasteiger partial charge in [0.15, 0.2) is 5.82 Å². The molecule has 1 aliphatic heterocycles. The van der Waals surface area contributed by atoms with E-state index in [1.807, 2.05) is 19.1 Å². The van der Waals surface area contributed by atoms with Crippen LogP contribution in [0.3, 0.4) is 0 Å². The summed E-state index contributed by atoms with van der Waals surface area (Å²) in [6.45, 7) is 3.85. The van der Waals surface area contributed by atoms with Crippen LogP contribution in [0.15, 0.2) is 18.2 Å². The van der Waals surface area contributed by atoms with Crippen LogP contribution in [0.25, 0.3) is 10.6 Å². The van der Waals surface area contributed by atoms with Crippen molar-refractivity contribution in [3.8, 4) is 10.6 Å². The minimum Gasteiger partial charge on any atom is -0.323 e. The van der Waals surface area contributed by atoms with Crippen molar-refractivity contribution < 1.29 is 14.4 Å². The number of H-pyrrole nitrogens is 1. The van der Waals surface area contributed by atoms with Crippen molar-refractivity contribution in [3.63, 3.8) is 0 Å². The summed E-state index contributed by atoms with van der Waals surface area (Å²) in [5, 5.41) is 12.5. The molecule has 1 saturated heterocycles. The summed E-state index contributed by atoms with van der Waals surface area (Å²) >= 11 is 1.62. The number of imide groups is 1. The molecule has 0 unspecified atom stereocenters. The van der Waals surface area contributed by atoms with E-state index >= 15 is 0 Å². The molecule has 0 bridgehead atoms. The first-order valence-corrected chi connectivity index (χ1v) is 10.8. The Bertz CT molecular complexity index is 942. The number of anilines is 1. The van der Waals surface area contributed by atoms with Crippen LogP contribution in [0, 0.1) is 12.8 Å². The molecule has 0 atom stereocenters. The highest BCUT2D eigenvalue weighted by Crippen LogP contribution is 2.37. The highest BCUT2D eigenvalue weighted by Gasteiger charge is 2.52. The van der Waals surface area contributed by atoms with Crippen LogP contribution in [0.5, 0.6) is 0 Å². The smallest absolute Gasteiger partial charge is 0.323 e. The lowest BCUT2D eigenvalue weighted by atomic mass is 9.75. The predicted molar refractivity (Wildman–Crippen MR) is 110 cm³/mol. The molecule has 8 nitrogen and oxygen atoms in total. The summed E-state index contributed by atoms with van der Waals surface area (Å²) < 4.78 is 0. The van der Waals surface area contributed by atoms with Gasteiger partial charge < -0.3 is 10.6 Å². The topological polar surface area (TPSA) is 107 Å². The lowest BCUT2D eigenvalue weighted by Gasteiger charge is -2.34. The van der Waals surface area contributed by atoms with E-state index in [9.17, 15) is 14.4 Å². The molecule has 2 aromatic heterocycles. The summed E-state index contributed by atoms with van der Waals surface area (Å²) in [5.74, 6) is 0.224. The van der Waals surface area contributed by atoms with Gasteiger partial charge in [-0.2, -0.15) is 5.10 Å². The molecule has 4 amide bonds. The minimum atomic E-state index is -0.834. The van der Waals surface area contributed by atoms with Crippen molar-refractivity contribution in [1.29, 1.82) is 0 Å². The van der Waals surface area contributed by atoms with Gasteiger partial charge in [-0.15, -0.1) is 11.3 Å². The Balaban J connectivity index is 1.38. The fraction of sp³-hybridized carbons (Fsp3) is 0.500. The lowest BCUT2D eigenvalue weighted by molar-refractivity contribution is -0.135. The quantitative estimate of drug-likeness (QED) is 0.652. The second-order valence-corrected chi connectivity index (χ2v) is 9.17.